The van der Waals surface area contributed by atoms with E-state index in [4.69, 9.17) is 0 Å². The van der Waals surface area contributed by atoms with Crippen LogP contribution in [-0.2, 0) is 31.0 Å². The molecule has 170 valence electrons. The molecule has 0 spiro atoms. The highest BCUT2D eigenvalue weighted by molar-refractivity contribution is 7.91. The summed E-state index contributed by atoms with van der Waals surface area (Å²) in [6, 6.07) is 11.5. The lowest BCUT2D eigenvalue weighted by molar-refractivity contribution is -0.122. The molecular formula is C22H20N4O5S2. The average molecular weight is 485 g/mol. The first-order valence-corrected chi connectivity index (χ1v) is 12.3. The molecule has 3 amide bonds. The third-order valence-corrected chi connectivity index (χ3v) is 8.26. The molecule has 0 aliphatic carbocycles. The van der Waals surface area contributed by atoms with Crippen LogP contribution in [0.4, 0.5) is 11.4 Å². The molecule has 3 aromatic rings. The highest BCUT2D eigenvalue weighted by Crippen LogP contribution is 2.32. The van der Waals surface area contributed by atoms with E-state index in [0.29, 0.717) is 16.9 Å². The molecule has 11 heteroatoms. The van der Waals surface area contributed by atoms with Gasteiger partial charge in [0.1, 0.15) is 10.3 Å². The number of hydrogen-bond donors (Lipinski definition) is 1. The number of imide groups is 1. The third-order valence-electron chi connectivity index (χ3n) is 5.04. The Bertz CT molecular complexity index is 1280. The molecule has 2 aromatic heterocycles. The second-order valence-electron chi connectivity index (χ2n) is 7.36. The normalized spacial score (nSPS) is 16.4. The van der Waals surface area contributed by atoms with Gasteiger partial charge in [-0.3, -0.25) is 19.4 Å². The summed E-state index contributed by atoms with van der Waals surface area (Å²) in [6.45, 7) is 1.27. The minimum absolute atomic E-state index is 0.0877. The fourth-order valence-electron chi connectivity index (χ4n) is 3.57. The number of rotatable bonds is 7. The highest BCUT2D eigenvalue weighted by Gasteiger charge is 2.47. The number of sulfonamides is 1. The van der Waals surface area contributed by atoms with Crippen LogP contribution < -0.4 is 10.2 Å². The van der Waals surface area contributed by atoms with Gasteiger partial charge in [-0.05, 0) is 47.3 Å². The third kappa shape index (κ3) is 4.70. The van der Waals surface area contributed by atoms with Gasteiger partial charge in [0.25, 0.3) is 15.9 Å². The number of carbonyl (C=O) groups is 3. The molecule has 1 fully saturated rings. The summed E-state index contributed by atoms with van der Waals surface area (Å²) in [6.07, 6.45) is 2.81. The zero-order valence-corrected chi connectivity index (χ0v) is 19.2. The monoisotopic (exact) mass is 484 g/mol. The van der Waals surface area contributed by atoms with E-state index in [1.165, 1.54) is 31.3 Å². The molecule has 1 unspecified atom stereocenters. The summed E-state index contributed by atoms with van der Waals surface area (Å²) in [7, 11) is -4.04. The maximum Gasteiger partial charge on any atom is 0.253 e. The summed E-state index contributed by atoms with van der Waals surface area (Å²) in [4.78, 5) is 42.4. The minimum atomic E-state index is -4.04. The molecule has 1 atom stereocenters. The number of nitrogens with zero attached hydrogens (tertiary/aromatic N) is 3. The Morgan fingerprint density at radius 1 is 1.18 bits per heavy atom. The fourth-order valence-corrected chi connectivity index (χ4v) is 6.26. The van der Waals surface area contributed by atoms with Crippen molar-refractivity contribution < 1.29 is 22.8 Å². The van der Waals surface area contributed by atoms with Gasteiger partial charge in [-0.15, -0.1) is 11.3 Å². The quantitative estimate of drug-likeness (QED) is 0.515. The Hall–Kier alpha value is -3.41. The van der Waals surface area contributed by atoms with Gasteiger partial charge in [0.15, 0.2) is 0 Å². The van der Waals surface area contributed by atoms with E-state index in [9.17, 15) is 22.8 Å². The molecule has 9 nitrogen and oxygen atoms in total. The second kappa shape index (κ2) is 9.22. The van der Waals surface area contributed by atoms with Crippen molar-refractivity contribution >= 4 is 50.5 Å². The van der Waals surface area contributed by atoms with Crippen LogP contribution in [0.25, 0.3) is 0 Å². The van der Waals surface area contributed by atoms with Crippen molar-refractivity contribution in [3.05, 3.63) is 71.9 Å². The van der Waals surface area contributed by atoms with E-state index in [2.05, 4.69) is 10.3 Å². The van der Waals surface area contributed by atoms with Gasteiger partial charge in [-0.25, -0.2) is 13.3 Å². The van der Waals surface area contributed by atoms with Crippen molar-refractivity contribution in [2.45, 2.75) is 30.1 Å². The van der Waals surface area contributed by atoms with Gasteiger partial charge < -0.3 is 5.32 Å². The first-order chi connectivity index (χ1) is 15.8. The van der Waals surface area contributed by atoms with Crippen molar-refractivity contribution in [3.63, 3.8) is 0 Å². The van der Waals surface area contributed by atoms with E-state index >= 15 is 0 Å². The van der Waals surface area contributed by atoms with Crippen LogP contribution in [-0.4, -0.2) is 41.5 Å². The first-order valence-electron chi connectivity index (χ1n) is 9.96. The second-order valence-corrected chi connectivity index (χ2v) is 10.4. The van der Waals surface area contributed by atoms with Crippen LogP contribution in [0.15, 0.2) is 70.5 Å². The zero-order valence-electron chi connectivity index (χ0n) is 17.5. The first kappa shape index (κ1) is 22.8. The van der Waals surface area contributed by atoms with Gasteiger partial charge in [0, 0.05) is 31.5 Å². The van der Waals surface area contributed by atoms with Crippen molar-refractivity contribution in [1.29, 1.82) is 0 Å². The molecule has 0 saturated carbocycles. The lowest BCUT2D eigenvalue weighted by Crippen LogP contribution is -2.44. The van der Waals surface area contributed by atoms with E-state index in [1.807, 2.05) is 0 Å². The topological polar surface area (TPSA) is 117 Å². The molecule has 1 aliphatic rings. The number of pyridine rings is 1. The van der Waals surface area contributed by atoms with E-state index in [1.54, 1.807) is 41.9 Å². The van der Waals surface area contributed by atoms with Crippen molar-refractivity contribution in [1.82, 2.24) is 9.29 Å². The van der Waals surface area contributed by atoms with Gasteiger partial charge in [-0.1, -0.05) is 12.1 Å². The smallest absolute Gasteiger partial charge is 0.253 e. The summed E-state index contributed by atoms with van der Waals surface area (Å²) in [5, 5.41) is 4.25. The Morgan fingerprint density at radius 2 is 1.94 bits per heavy atom. The molecular weight excluding hydrogens is 464 g/mol. The predicted octanol–water partition coefficient (Wildman–Crippen LogP) is 2.62. The van der Waals surface area contributed by atoms with Crippen molar-refractivity contribution in [3.8, 4) is 0 Å². The number of thiophene rings is 1. The number of benzene rings is 1. The average Bonchev–Trinajstić information content (AvgIpc) is 3.42. The van der Waals surface area contributed by atoms with E-state index in [0.717, 1.165) is 20.5 Å². The van der Waals surface area contributed by atoms with Gasteiger partial charge >= 0.3 is 0 Å². The van der Waals surface area contributed by atoms with E-state index in [-0.39, 0.29) is 23.1 Å². The lowest BCUT2D eigenvalue weighted by Gasteiger charge is -2.26. The number of nitrogens with one attached hydrogen (secondary N) is 1. The fraction of sp³-hybridized carbons (Fsp3) is 0.182. The maximum atomic E-state index is 13.4. The number of amides is 3. The molecule has 0 bridgehead atoms. The summed E-state index contributed by atoms with van der Waals surface area (Å²) in [5.41, 5.74) is 1.41. The van der Waals surface area contributed by atoms with Crippen molar-refractivity contribution in [2.75, 3.05) is 10.2 Å². The molecule has 1 aliphatic heterocycles. The molecule has 1 saturated heterocycles. The summed E-state index contributed by atoms with van der Waals surface area (Å²) >= 11 is 1.04. The van der Waals surface area contributed by atoms with Crippen LogP contribution in [0.2, 0.25) is 0 Å². The molecule has 1 aromatic carbocycles. The Kier molecular flexibility index (Phi) is 6.36. The SMILES string of the molecule is CC(=O)Nc1ccc(N2C(=O)CC(N(Cc3cccnc3)S(=O)(=O)c3cccs3)C2=O)cc1. The summed E-state index contributed by atoms with van der Waals surface area (Å²) < 4.78 is 28.0. The Balaban J connectivity index is 1.67. The van der Waals surface area contributed by atoms with Crippen LogP contribution in [0, 0.1) is 0 Å². The van der Waals surface area contributed by atoms with Crippen LogP contribution in [0.5, 0.6) is 0 Å². The number of anilines is 2. The number of aromatic nitrogens is 1. The largest absolute Gasteiger partial charge is 0.326 e. The van der Waals surface area contributed by atoms with Crippen LogP contribution in [0.3, 0.4) is 0 Å². The highest BCUT2D eigenvalue weighted by atomic mass is 32.2. The molecule has 33 heavy (non-hydrogen) atoms. The van der Waals surface area contributed by atoms with Crippen LogP contribution in [0.1, 0.15) is 18.9 Å². The lowest BCUT2D eigenvalue weighted by atomic mass is 10.2. The Morgan fingerprint density at radius 3 is 2.55 bits per heavy atom. The standard InChI is InChI=1S/C22H20N4O5S2/c1-15(27)24-17-6-8-18(9-7-17)26-20(28)12-19(22(26)29)25(14-16-4-2-10-23-13-16)33(30,31)21-5-3-11-32-21/h2-11,13,19H,12,14H2,1H3,(H,24,27). The molecule has 1 N–H and O–H groups in total. The molecule has 0 radical (unpaired) electrons. The van der Waals surface area contributed by atoms with Gasteiger partial charge in [0.2, 0.25) is 11.8 Å². The van der Waals surface area contributed by atoms with Gasteiger partial charge in [0.05, 0.1) is 12.1 Å². The molecule has 4 rings (SSSR count). The van der Waals surface area contributed by atoms with Crippen molar-refractivity contribution in [2.24, 2.45) is 0 Å². The van der Waals surface area contributed by atoms with E-state index < -0.39 is 27.9 Å². The van der Waals surface area contributed by atoms with Gasteiger partial charge in [-0.2, -0.15) is 4.31 Å². The molecule has 3 heterocycles. The zero-order chi connectivity index (χ0) is 23.6. The Labute approximate surface area is 194 Å². The summed E-state index contributed by atoms with van der Waals surface area (Å²) in [5.74, 6) is -1.38. The maximum absolute atomic E-state index is 13.4. The minimum Gasteiger partial charge on any atom is -0.326 e. The predicted molar refractivity (Wildman–Crippen MR) is 123 cm³/mol. The number of carbonyl (C=O) groups excluding carboxylic acids is 3. The van der Waals surface area contributed by atoms with Crippen LogP contribution >= 0.6 is 11.3 Å². The number of hydrogen-bond acceptors (Lipinski definition) is 7.